The van der Waals surface area contributed by atoms with Crippen LogP contribution in [0.25, 0.3) is 6.08 Å². The Morgan fingerprint density at radius 3 is 2.93 bits per heavy atom. The fourth-order valence-electron chi connectivity index (χ4n) is 0.800. The maximum atomic E-state index is 10.6. The molecule has 0 fully saturated rings. The fourth-order valence-corrected chi connectivity index (χ4v) is 0.800. The highest BCUT2D eigenvalue weighted by Gasteiger charge is 1.99. The van der Waals surface area contributed by atoms with E-state index in [0.29, 0.717) is 5.76 Å². The highest BCUT2D eigenvalue weighted by molar-refractivity contribution is 5.96. The summed E-state index contributed by atoms with van der Waals surface area (Å²) in [6, 6.07) is 5.18. The molecule has 0 saturated heterocycles. The van der Waals surface area contributed by atoms with Gasteiger partial charge in [0.05, 0.1) is 6.26 Å². The van der Waals surface area contributed by atoms with E-state index < -0.39 is 5.91 Å². The third kappa shape index (κ3) is 2.64. The first-order valence-electron chi connectivity index (χ1n) is 3.86. The lowest BCUT2D eigenvalue weighted by atomic mass is 10.2. The zero-order chi connectivity index (χ0) is 10.4. The van der Waals surface area contributed by atoms with Gasteiger partial charge in [0.15, 0.2) is 0 Å². The van der Waals surface area contributed by atoms with Gasteiger partial charge in [0, 0.05) is 0 Å². The first-order valence-corrected chi connectivity index (χ1v) is 3.86. The van der Waals surface area contributed by atoms with Gasteiger partial charge < -0.3 is 10.2 Å². The Morgan fingerprint density at radius 2 is 2.43 bits per heavy atom. The molecule has 1 aromatic rings. The van der Waals surface area contributed by atoms with Gasteiger partial charge in [0.25, 0.3) is 5.91 Å². The number of carbonyl (C=O) groups excluding carboxylic acids is 1. The number of rotatable bonds is 3. The predicted octanol–water partition coefficient (Wildman–Crippen LogP) is 1.23. The van der Waals surface area contributed by atoms with E-state index >= 15 is 0 Å². The second kappa shape index (κ2) is 4.67. The van der Waals surface area contributed by atoms with E-state index in [1.165, 1.54) is 18.4 Å². The van der Waals surface area contributed by atoms with Crippen LogP contribution in [0.4, 0.5) is 0 Å². The smallest absolute Gasteiger partial charge is 0.259 e. The van der Waals surface area contributed by atoms with Gasteiger partial charge in [-0.1, -0.05) is 6.08 Å². The quantitative estimate of drug-likeness (QED) is 0.440. The number of amides is 1. The zero-order valence-electron chi connectivity index (χ0n) is 7.31. The van der Waals surface area contributed by atoms with Crippen molar-refractivity contribution < 1.29 is 9.21 Å². The molecule has 1 aromatic heterocycles. The van der Waals surface area contributed by atoms with Crippen LogP contribution in [-0.2, 0) is 4.79 Å². The minimum Gasteiger partial charge on any atom is -0.465 e. The number of primary amides is 1. The highest BCUT2D eigenvalue weighted by Crippen LogP contribution is 2.02. The number of allylic oxidation sites excluding steroid dienone is 2. The van der Waals surface area contributed by atoms with E-state index in [9.17, 15) is 4.79 Å². The minimum absolute atomic E-state index is 0.0900. The van der Waals surface area contributed by atoms with Gasteiger partial charge in [0.1, 0.15) is 17.4 Å². The topological polar surface area (TPSA) is 80.0 Å². The third-order valence-corrected chi connectivity index (χ3v) is 1.45. The first kappa shape index (κ1) is 9.81. The maximum absolute atomic E-state index is 10.6. The number of nitriles is 1. The molecule has 0 aliphatic rings. The molecule has 14 heavy (non-hydrogen) atoms. The molecular weight excluding hydrogens is 180 g/mol. The Bertz CT molecular complexity index is 408. The van der Waals surface area contributed by atoms with Gasteiger partial charge in [-0.3, -0.25) is 4.79 Å². The number of nitrogens with two attached hydrogens (primary N) is 1. The lowest BCUT2D eigenvalue weighted by molar-refractivity contribution is -0.114. The largest absolute Gasteiger partial charge is 0.465 e. The Kier molecular flexibility index (Phi) is 3.27. The fraction of sp³-hybridized carbons (Fsp3) is 0. The monoisotopic (exact) mass is 188 g/mol. The molecule has 0 bridgehead atoms. The van der Waals surface area contributed by atoms with Crippen LogP contribution in [0.3, 0.4) is 0 Å². The number of hydrogen-bond donors (Lipinski definition) is 1. The molecule has 0 radical (unpaired) electrons. The van der Waals surface area contributed by atoms with Crippen LogP contribution in [0.1, 0.15) is 5.76 Å². The summed E-state index contributed by atoms with van der Waals surface area (Å²) in [4.78, 5) is 10.6. The van der Waals surface area contributed by atoms with E-state index in [-0.39, 0.29) is 5.57 Å². The van der Waals surface area contributed by atoms with Gasteiger partial charge in [-0.25, -0.2) is 0 Å². The van der Waals surface area contributed by atoms with Gasteiger partial charge in [-0.05, 0) is 24.3 Å². The predicted molar refractivity (Wildman–Crippen MR) is 50.6 cm³/mol. The van der Waals surface area contributed by atoms with Crippen LogP contribution >= 0.6 is 0 Å². The van der Waals surface area contributed by atoms with Crippen molar-refractivity contribution in [3.63, 3.8) is 0 Å². The van der Waals surface area contributed by atoms with Crippen molar-refractivity contribution in [2.75, 3.05) is 0 Å². The minimum atomic E-state index is -0.739. The van der Waals surface area contributed by atoms with E-state index in [2.05, 4.69) is 0 Å². The van der Waals surface area contributed by atoms with Crippen LogP contribution in [0.5, 0.6) is 0 Å². The van der Waals surface area contributed by atoms with Crippen LogP contribution in [0, 0.1) is 11.3 Å². The van der Waals surface area contributed by atoms with E-state index in [1.807, 2.05) is 0 Å². The number of furan rings is 1. The number of carbonyl (C=O) groups is 1. The third-order valence-electron chi connectivity index (χ3n) is 1.45. The summed E-state index contributed by atoms with van der Waals surface area (Å²) in [5, 5.41) is 8.48. The number of hydrogen-bond acceptors (Lipinski definition) is 3. The van der Waals surface area contributed by atoms with Crippen molar-refractivity contribution in [2.24, 2.45) is 5.73 Å². The molecule has 1 heterocycles. The van der Waals surface area contributed by atoms with Crippen LogP contribution in [0.15, 0.2) is 40.5 Å². The Hall–Kier alpha value is -2.28. The SMILES string of the molecule is N#CC(=CC=Cc1ccco1)C(N)=O. The summed E-state index contributed by atoms with van der Waals surface area (Å²) in [5.74, 6) is -0.0976. The standard InChI is InChI=1S/C10H8N2O2/c11-7-8(10(12)13)3-1-4-9-5-2-6-14-9/h1-6H,(H2,12,13). The molecule has 0 saturated carbocycles. The molecule has 1 amide bonds. The molecule has 4 nitrogen and oxygen atoms in total. The van der Waals surface area contributed by atoms with Crippen molar-refractivity contribution in [1.82, 2.24) is 0 Å². The summed E-state index contributed by atoms with van der Waals surface area (Å²) in [5.41, 5.74) is 4.83. The van der Waals surface area contributed by atoms with Crippen LogP contribution in [-0.4, -0.2) is 5.91 Å². The molecule has 0 atom stereocenters. The van der Waals surface area contributed by atoms with Crippen molar-refractivity contribution in [1.29, 1.82) is 5.26 Å². The Labute approximate surface area is 80.9 Å². The molecule has 0 aromatic carbocycles. The average Bonchev–Trinajstić information content (AvgIpc) is 2.64. The van der Waals surface area contributed by atoms with Crippen molar-refractivity contribution in [2.45, 2.75) is 0 Å². The molecule has 0 aliphatic carbocycles. The normalized spacial score (nSPS) is 11.5. The average molecular weight is 188 g/mol. The molecule has 1 rings (SSSR count). The summed E-state index contributed by atoms with van der Waals surface area (Å²) < 4.78 is 4.99. The van der Waals surface area contributed by atoms with E-state index in [0.717, 1.165) is 0 Å². The summed E-state index contributed by atoms with van der Waals surface area (Å²) in [7, 11) is 0. The lowest BCUT2D eigenvalue weighted by Crippen LogP contribution is -2.12. The second-order valence-corrected chi connectivity index (χ2v) is 2.43. The van der Waals surface area contributed by atoms with E-state index in [1.54, 1.807) is 24.3 Å². The first-order chi connectivity index (χ1) is 6.74. The van der Waals surface area contributed by atoms with Gasteiger partial charge in [-0.15, -0.1) is 0 Å². The van der Waals surface area contributed by atoms with Gasteiger partial charge >= 0.3 is 0 Å². The molecular formula is C10H8N2O2. The summed E-state index contributed by atoms with van der Waals surface area (Å²) in [6.45, 7) is 0. The van der Waals surface area contributed by atoms with Crippen LogP contribution < -0.4 is 5.73 Å². The van der Waals surface area contributed by atoms with Crippen LogP contribution in [0.2, 0.25) is 0 Å². The molecule has 2 N–H and O–H groups in total. The Balaban J connectivity index is 2.71. The second-order valence-electron chi connectivity index (χ2n) is 2.43. The Morgan fingerprint density at radius 1 is 1.64 bits per heavy atom. The molecule has 70 valence electrons. The molecule has 0 spiro atoms. The van der Waals surface area contributed by atoms with E-state index in [4.69, 9.17) is 15.4 Å². The lowest BCUT2D eigenvalue weighted by Gasteiger charge is -1.85. The highest BCUT2D eigenvalue weighted by atomic mass is 16.3. The molecule has 0 unspecified atom stereocenters. The van der Waals surface area contributed by atoms with Crippen molar-refractivity contribution >= 4 is 12.0 Å². The summed E-state index contributed by atoms with van der Waals surface area (Å²) in [6.07, 6.45) is 6.02. The van der Waals surface area contributed by atoms with Gasteiger partial charge in [-0.2, -0.15) is 5.26 Å². The van der Waals surface area contributed by atoms with Crippen molar-refractivity contribution in [3.05, 3.63) is 41.9 Å². The van der Waals surface area contributed by atoms with Crippen molar-refractivity contribution in [3.8, 4) is 6.07 Å². The zero-order valence-corrected chi connectivity index (χ0v) is 7.31. The molecule has 0 aliphatic heterocycles. The number of nitrogens with zero attached hydrogens (tertiary/aromatic N) is 1. The maximum Gasteiger partial charge on any atom is 0.259 e. The summed E-state index contributed by atoms with van der Waals surface area (Å²) >= 11 is 0. The molecule has 4 heteroatoms. The van der Waals surface area contributed by atoms with Gasteiger partial charge in [0.2, 0.25) is 0 Å².